The minimum absolute atomic E-state index is 0.263. The van der Waals surface area contributed by atoms with E-state index in [-0.39, 0.29) is 16.5 Å². The third kappa shape index (κ3) is 3.89. The Balaban J connectivity index is 2.97. The zero-order valence-corrected chi connectivity index (χ0v) is 11.8. The van der Waals surface area contributed by atoms with Gasteiger partial charge in [0.05, 0.1) is 10.4 Å². The molecular formula is C11H13ClFNO4S. The average molecular weight is 310 g/mol. The van der Waals surface area contributed by atoms with Crippen molar-refractivity contribution < 1.29 is 22.7 Å². The van der Waals surface area contributed by atoms with Gasteiger partial charge in [-0.15, -0.1) is 0 Å². The van der Waals surface area contributed by atoms with Gasteiger partial charge in [-0.2, -0.15) is 0 Å². The van der Waals surface area contributed by atoms with E-state index in [1.807, 2.05) is 0 Å². The van der Waals surface area contributed by atoms with Crippen LogP contribution >= 0.6 is 11.6 Å². The van der Waals surface area contributed by atoms with Gasteiger partial charge in [-0.3, -0.25) is 4.79 Å². The molecule has 0 saturated heterocycles. The summed E-state index contributed by atoms with van der Waals surface area (Å²) >= 11 is 5.65. The molecule has 1 aromatic carbocycles. The van der Waals surface area contributed by atoms with Crippen molar-refractivity contribution >= 4 is 27.6 Å². The highest BCUT2D eigenvalue weighted by Gasteiger charge is 2.30. The van der Waals surface area contributed by atoms with E-state index in [2.05, 4.69) is 4.72 Å². The van der Waals surface area contributed by atoms with Crippen LogP contribution in [0.15, 0.2) is 23.1 Å². The van der Waals surface area contributed by atoms with Crippen LogP contribution in [0.5, 0.6) is 0 Å². The highest BCUT2D eigenvalue weighted by atomic mass is 35.5. The second-order valence-electron chi connectivity index (χ2n) is 4.59. The lowest BCUT2D eigenvalue weighted by molar-refractivity contribution is -0.146. The Bertz CT molecular complexity index is 601. The van der Waals surface area contributed by atoms with Crippen LogP contribution in [0.1, 0.15) is 13.8 Å². The fourth-order valence-corrected chi connectivity index (χ4v) is 2.86. The Morgan fingerprint density at radius 3 is 2.53 bits per heavy atom. The molecule has 0 amide bonds. The number of carboxylic acids is 1. The number of rotatable bonds is 5. The number of hydrogen-bond donors (Lipinski definition) is 2. The Hall–Kier alpha value is -1.18. The first-order valence-corrected chi connectivity index (χ1v) is 7.10. The maximum atomic E-state index is 12.8. The fraction of sp³-hybridized carbons (Fsp3) is 0.364. The van der Waals surface area contributed by atoms with E-state index in [0.717, 1.165) is 18.2 Å². The molecule has 0 radical (unpaired) electrons. The molecule has 0 atom stereocenters. The molecule has 0 aliphatic heterocycles. The Labute approximate surface area is 115 Å². The van der Waals surface area contributed by atoms with Crippen LogP contribution in [-0.2, 0) is 14.8 Å². The molecule has 0 aliphatic rings. The zero-order valence-electron chi connectivity index (χ0n) is 10.3. The summed E-state index contributed by atoms with van der Waals surface area (Å²) in [7, 11) is -3.99. The van der Waals surface area contributed by atoms with E-state index >= 15 is 0 Å². The molecule has 0 spiro atoms. The van der Waals surface area contributed by atoms with Gasteiger partial charge in [0.25, 0.3) is 0 Å². The van der Waals surface area contributed by atoms with Gasteiger partial charge in [-0.1, -0.05) is 11.6 Å². The summed E-state index contributed by atoms with van der Waals surface area (Å²) in [5.74, 6) is -1.80. The molecule has 1 aromatic rings. The van der Waals surface area contributed by atoms with Gasteiger partial charge >= 0.3 is 5.97 Å². The molecule has 0 bridgehead atoms. The van der Waals surface area contributed by atoms with Crippen LogP contribution in [0.2, 0.25) is 5.02 Å². The molecule has 5 nitrogen and oxygen atoms in total. The summed E-state index contributed by atoms with van der Waals surface area (Å²) in [4.78, 5) is 10.6. The van der Waals surface area contributed by atoms with Gasteiger partial charge in [0.2, 0.25) is 10.0 Å². The zero-order chi connectivity index (χ0) is 14.8. The number of sulfonamides is 1. The molecule has 106 valence electrons. The van der Waals surface area contributed by atoms with Crippen LogP contribution < -0.4 is 4.72 Å². The average Bonchev–Trinajstić information content (AvgIpc) is 2.26. The minimum atomic E-state index is -3.99. The summed E-state index contributed by atoms with van der Waals surface area (Å²) in [6.45, 7) is 2.45. The molecule has 0 fully saturated rings. The van der Waals surface area contributed by atoms with Gasteiger partial charge < -0.3 is 5.11 Å². The lowest BCUT2D eigenvalue weighted by Gasteiger charge is -2.19. The smallest absolute Gasteiger partial charge is 0.310 e. The molecule has 0 aliphatic carbocycles. The van der Waals surface area contributed by atoms with E-state index in [1.54, 1.807) is 0 Å². The molecule has 0 aromatic heterocycles. The Morgan fingerprint density at radius 2 is 2.05 bits per heavy atom. The summed E-state index contributed by atoms with van der Waals surface area (Å²) in [6.07, 6.45) is 0. The predicted octanol–water partition coefficient (Wildman–Crippen LogP) is 1.87. The first-order valence-electron chi connectivity index (χ1n) is 5.24. The van der Waals surface area contributed by atoms with E-state index in [0.29, 0.717) is 0 Å². The maximum Gasteiger partial charge on any atom is 0.310 e. The first kappa shape index (κ1) is 15.9. The Morgan fingerprint density at radius 1 is 1.47 bits per heavy atom. The van der Waals surface area contributed by atoms with E-state index in [9.17, 15) is 17.6 Å². The van der Waals surface area contributed by atoms with Gasteiger partial charge in [0.1, 0.15) is 10.7 Å². The molecule has 8 heteroatoms. The lowest BCUT2D eigenvalue weighted by Crippen LogP contribution is -2.38. The molecule has 19 heavy (non-hydrogen) atoms. The third-order valence-electron chi connectivity index (χ3n) is 2.47. The first-order chi connectivity index (χ1) is 8.56. The number of carbonyl (C=O) groups is 1. The van der Waals surface area contributed by atoms with Crippen molar-refractivity contribution in [1.29, 1.82) is 0 Å². The number of benzene rings is 1. The van der Waals surface area contributed by atoms with Crippen LogP contribution in [0.25, 0.3) is 0 Å². The Kier molecular flexibility index (Phi) is 4.54. The van der Waals surface area contributed by atoms with Crippen molar-refractivity contribution in [3.8, 4) is 0 Å². The molecular weight excluding hydrogens is 297 g/mol. The molecule has 0 saturated carbocycles. The van der Waals surface area contributed by atoms with E-state index in [4.69, 9.17) is 16.7 Å². The second kappa shape index (κ2) is 5.44. The summed E-state index contributed by atoms with van der Waals surface area (Å²) < 4.78 is 38.8. The van der Waals surface area contributed by atoms with Crippen LogP contribution in [0, 0.1) is 11.2 Å². The minimum Gasteiger partial charge on any atom is -0.481 e. The number of halogens is 2. The van der Waals surface area contributed by atoms with Crippen molar-refractivity contribution in [2.45, 2.75) is 18.7 Å². The highest BCUT2D eigenvalue weighted by Crippen LogP contribution is 2.23. The highest BCUT2D eigenvalue weighted by molar-refractivity contribution is 7.89. The molecule has 0 unspecified atom stereocenters. The van der Waals surface area contributed by atoms with Crippen molar-refractivity contribution in [2.24, 2.45) is 5.41 Å². The summed E-state index contributed by atoms with van der Waals surface area (Å²) in [5, 5.41) is 8.63. The second-order valence-corrected chi connectivity index (χ2v) is 6.73. The molecule has 2 N–H and O–H groups in total. The fourth-order valence-electron chi connectivity index (χ4n) is 1.12. The largest absolute Gasteiger partial charge is 0.481 e. The predicted molar refractivity (Wildman–Crippen MR) is 68.0 cm³/mol. The van der Waals surface area contributed by atoms with E-state index < -0.39 is 27.2 Å². The SMILES string of the molecule is CC(C)(CNS(=O)(=O)c1ccc(F)cc1Cl)C(=O)O. The van der Waals surface area contributed by atoms with Gasteiger partial charge in [0, 0.05) is 6.54 Å². The van der Waals surface area contributed by atoms with Crippen molar-refractivity contribution in [1.82, 2.24) is 4.72 Å². The third-order valence-corrected chi connectivity index (χ3v) is 4.35. The van der Waals surface area contributed by atoms with Crippen molar-refractivity contribution in [2.75, 3.05) is 6.54 Å². The number of hydrogen-bond acceptors (Lipinski definition) is 3. The van der Waals surface area contributed by atoms with Gasteiger partial charge in [0.15, 0.2) is 0 Å². The number of carboxylic acid groups (broad SMARTS) is 1. The van der Waals surface area contributed by atoms with Gasteiger partial charge in [-0.25, -0.2) is 17.5 Å². The van der Waals surface area contributed by atoms with Crippen LogP contribution in [0.4, 0.5) is 4.39 Å². The van der Waals surface area contributed by atoms with Crippen molar-refractivity contribution in [3.63, 3.8) is 0 Å². The molecule has 1 rings (SSSR count). The quantitative estimate of drug-likeness (QED) is 0.869. The lowest BCUT2D eigenvalue weighted by atomic mass is 9.95. The number of nitrogens with one attached hydrogen (secondary N) is 1. The molecule has 0 heterocycles. The summed E-state index contributed by atoms with van der Waals surface area (Å²) in [6, 6.07) is 2.86. The van der Waals surface area contributed by atoms with Crippen LogP contribution in [-0.4, -0.2) is 26.0 Å². The van der Waals surface area contributed by atoms with Gasteiger partial charge in [-0.05, 0) is 32.0 Å². The maximum absolute atomic E-state index is 12.8. The van der Waals surface area contributed by atoms with Crippen LogP contribution in [0.3, 0.4) is 0 Å². The monoisotopic (exact) mass is 309 g/mol. The standard InChI is InChI=1S/C11H13ClFNO4S/c1-11(2,10(15)16)6-14-19(17,18)9-4-3-7(13)5-8(9)12/h3-5,14H,6H2,1-2H3,(H,15,16). The summed E-state index contributed by atoms with van der Waals surface area (Å²) in [5.41, 5.74) is -1.26. The van der Waals surface area contributed by atoms with Crippen molar-refractivity contribution in [3.05, 3.63) is 29.0 Å². The topological polar surface area (TPSA) is 83.5 Å². The van der Waals surface area contributed by atoms with E-state index in [1.165, 1.54) is 13.8 Å². The number of aliphatic carboxylic acids is 1. The normalized spacial score (nSPS) is 12.4.